The van der Waals surface area contributed by atoms with E-state index in [1.54, 1.807) is 32.1 Å². The molecule has 2 atom stereocenters. The van der Waals surface area contributed by atoms with E-state index in [1.165, 1.54) is 12.0 Å². The second-order valence-electron chi connectivity index (χ2n) is 16.4. The lowest BCUT2D eigenvalue weighted by molar-refractivity contribution is -0.163. The van der Waals surface area contributed by atoms with Crippen LogP contribution >= 0.6 is 0 Å². The van der Waals surface area contributed by atoms with Crippen LogP contribution in [-0.2, 0) is 54.4 Å². The van der Waals surface area contributed by atoms with Gasteiger partial charge in [0, 0.05) is 82.3 Å². The average molecular weight is 991 g/mol. The van der Waals surface area contributed by atoms with Gasteiger partial charge in [-0.25, -0.2) is 9.97 Å². The first-order valence-corrected chi connectivity index (χ1v) is 23.0. The Morgan fingerprint density at radius 3 is 1.73 bits per heavy atom. The highest BCUT2D eigenvalue weighted by atomic mass is 19.4. The van der Waals surface area contributed by atoms with Crippen molar-refractivity contribution in [3.8, 4) is 0 Å². The molecule has 6 aromatic heterocycles. The number of carboxylic acids is 1. The minimum atomic E-state index is -4.64. The molecular formula is C50H62F3N9O9. The summed E-state index contributed by atoms with van der Waals surface area (Å²) < 4.78 is 56.4. The van der Waals surface area contributed by atoms with Gasteiger partial charge < -0.3 is 24.0 Å². The van der Waals surface area contributed by atoms with Crippen LogP contribution in [0.15, 0.2) is 82.8 Å². The first-order chi connectivity index (χ1) is 34.2. The number of amides is 1. The van der Waals surface area contributed by atoms with Crippen molar-refractivity contribution in [3.63, 3.8) is 0 Å². The van der Waals surface area contributed by atoms with Crippen molar-refractivity contribution in [2.45, 2.75) is 143 Å². The highest BCUT2D eigenvalue weighted by Gasteiger charge is 2.25. The van der Waals surface area contributed by atoms with Crippen molar-refractivity contribution in [3.05, 3.63) is 108 Å². The number of carbonyl (C=O) groups excluding carboxylic acids is 4. The SMILES string of the molecule is C.CC1CC=C(c2cnc(CCc3ccco3)n3cnnc23)CC1.O=C(O)CCCC(=O)NC1CC=C(c2cnc(CCc3ccco3)n3cnnc23)CC1.O=C1CCCC(=O)O1.O=CC(F)(F)F.[2H]CC. The summed E-state index contributed by atoms with van der Waals surface area (Å²) in [6.07, 6.45) is 20.4. The molecule has 3 aliphatic rings. The number of alkyl halides is 3. The standard InChI is InChI=1S/C22H25N5O4.C18H20N4O.C5H6O3.C2HF3O.C2H6.CH4/c28-20(4-1-5-21(29)30)25-16-8-6-15(7-9-16)18-13-23-19(27-14-24-26-22(18)27)11-10-17-3-2-12-31-17;1-13-4-6-14(7-5-13)16-11-19-17(22-12-20-21-18(16)22)9-8-15-3-2-10-23-15;6-4-2-1-3-5(7)8-4;3-2(4,5)1-6;1-2;/h2-3,6,12-14,16H,1,4-5,7-11H2,(H,25,28)(H,29,30);2-3,6,10-13H,4-5,7-9H2,1H3;1-3H2;1H;1-2H3;1H4/i;;;;1D;. The maximum absolute atomic E-state index is 12.0. The summed E-state index contributed by atoms with van der Waals surface area (Å²) in [5.41, 5.74) is 6.29. The van der Waals surface area contributed by atoms with E-state index in [9.17, 15) is 32.3 Å². The van der Waals surface area contributed by atoms with Crippen molar-refractivity contribution in [2.75, 3.05) is 0 Å². The van der Waals surface area contributed by atoms with Crippen LogP contribution in [0.3, 0.4) is 0 Å². The van der Waals surface area contributed by atoms with Crippen molar-refractivity contribution >= 4 is 52.5 Å². The van der Waals surface area contributed by atoms with E-state index in [-0.39, 0.29) is 44.2 Å². The fourth-order valence-corrected chi connectivity index (χ4v) is 7.66. The first kappa shape index (κ1) is 54.6. The Bertz CT molecular complexity index is 2700. The summed E-state index contributed by atoms with van der Waals surface area (Å²) >= 11 is 0. The lowest BCUT2D eigenvalue weighted by atomic mass is 9.88. The van der Waals surface area contributed by atoms with Crippen LogP contribution in [0.25, 0.3) is 22.4 Å². The molecule has 0 aromatic carbocycles. The van der Waals surface area contributed by atoms with Crippen LogP contribution in [0.1, 0.15) is 141 Å². The van der Waals surface area contributed by atoms with Crippen molar-refractivity contribution in [1.82, 2.24) is 44.5 Å². The van der Waals surface area contributed by atoms with Gasteiger partial charge in [0.15, 0.2) is 11.3 Å². The number of nitrogens with zero attached hydrogens (tertiary/aromatic N) is 8. The molecule has 0 radical (unpaired) electrons. The normalized spacial score (nSPS) is 16.5. The molecule has 1 saturated heterocycles. The smallest absolute Gasteiger partial charge is 0.446 e. The summed E-state index contributed by atoms with van der Waals surface area (Å²) in [7, 11) is 0. The Morgan fingerprint density at radius 2 is 1.34 bits per heavy atom. The number of hydrogen-bond donors (Lipinski definition) is 2. The third-order valence-corrected chi connectivity index (χ3v) is 11.2. The van der Waals surface area contributed by atoms with Gasteiger partial charge >= 0.3 is 24.1 Å². The van der Waals surface area contributed by atoms with Gasteiger partial charge in [0.25, 0.3) is 0 Å². The molecule has 382 valence electrons. The Kier molecular flexibility index (Phi) is 21.8. The fourth-order valence-electron chi connectivity index (χ4n) is 7.66. The predicted octanol–water partition coefficient (Wildman–Crippen LogP) is 9.17. The van der Waals surface area contributed by atoms with E-state index in [0.29, 0.717) is 32.6 Å². The molecular weight excluding hydrogens is 928 g/mol. The Balaban J connectivity index is 0.000000238. The molecule has 2 N–H and O–H groups in total. The van der Waals surface area contributed by atoms with Gasteiger partial charge in [-0.15, -0.1) is 20.4 Å². The van der Waals surface area contributed by atoms with Gasteiger partial charge in [0.05, 0.1) is 12.5 Å². The molecule has 9 rings (SSSR count). The molecule has 1 aliphatic heterocycles. The van der Waals surface area contributed by atoms with E-state index in [2.05, 4.69) is 59.5 Å². The molecule has 1 fully saturated rings. The zero-order chi connectivity index (χ0) is 51.2. The van der Waals surface area contributed by atoms with Crippen molar-refractivity contribution in [1.29, 1.82) is 0 Å². The Hall–Kier alpha value is -7.32. The third kappa shape index (κ3) is 17.9. The van der Waals surface area contributed by atoms with Crippen LogP contribution in [0.2, 0.25) is 0 Å². The second kappa shape index (κ2) is 28.4. The minimum absolute atomic E-state index is 0. The van der Waals surface area contributed by atoms with Crippen LogP contribution in [-0.4, -0.2) is 86.6 Å². The number of fused-ring (bicyclic) bond motifs is 2. The molecule has 0 bridgehead atoms. The van der Waals surface area contributed by atoms with Crippen molar-refractivity contribution in [2.24, 2.45) is 5.92 Å². The Morgan fingerprint density at radius 1 is 0.831 bits per heavy atom. The second-order valence-corrected chi connectivity index (χ2v) is 16.4. The zero-order valence-electron chi connectivity index (χ0n) is 40.1. The summed E-state index contributed by atoms with van der Waals surface area (Å²) in [4.78, 5) is 61.1. The minimum Gasteiger partial charge on any atom is -0.481 e. The maximum atomic E-state index is 12.0. The quantitative estimate of drug-likeness (QED) is 0.0623. The van der Waals surface area contributed by atoms with Gasteiger partial charge in [-0.1, -0.05) is 40.3 Å². The molecule has 1 amide bonds. The summed E-state index contributed by atoms with van der Waals surface area (Å²) in [5, 5.41) is 28.5. The largest absolute Gasteiger partial charge is 0.481 e. The number of cyclic esters (lactones) is 2. The number of aromatic nitrogens is 8. The molecule has 18 nitrogen and oxygen atoms in total. The fraction of sp³-hybridized carbons (Fsp3) is 0.460. The molecule has 21 heteroatoms. The molecule has 7 heterocycles. The average Bonchev–Trinajstić information content (AvgIpc) is 4.21. The number of ether oxygens (including phenoxy) is 1. The number of nitrogens with one attached hydrogen (secondary N) is 1. The van der Waals surface area contributed by atoms with Crippen LogP contribution in [0.5, 0.6) is 0 Å². The monoisotopic (exact) mass is 990 g/mol. The lowest BCUT2D eigenvalue weighted by Gasteiger charge is -2.23. The number of esters is 2. The van der Waals surface area contributed by atoms with Crippen LogP contribution < -0.4 is 5.32 Å². The Labute approximate surface area is 410 Å². The highest BCUT2D eigenvalue weighted by Crippen LogP contribution is 2.32. The van der Waals surface area contributed by atoms with E-state index in [1.807, 2.05) is 45.5 Å². The van der Waals surface area contributed by atoms with E-state index in [0.717, 1.165) is 115 Å². The number of aliphatic carboxylic acids is 1. The number of carbonyl (C=O) groups is 5. The molecule has 6 aromatic rings. The number of furan rings is 2. The number of aryl methyl sites for hydroxylation is 4. The zero-order valence-corrected chi connectivity index (χ0v) is 39.1. The predicted molar refractivity (Wildman–Crippen MR) is 255 cm³/mol. The van der Waals surface area contributed by atoms with E-state index < -0.39 is 18.4 Å². The number of halogens is 3. The summed E-state index contributed by atoms with van der Waals surface area (Å²) in [6, 6.07) is 7.80. The van der Waals surface area contributed by atoms with Crippen molar-refractivity contribution < 1.29 is 57.2 Å². The van der Waals surface area contributed by atoms with Gasteiger partial charge in [0.1, 0.15) is 35.8 Å². The molecule has 0 spiro atoms. The highest BCUT2D eigenvalue weighted by molar-refractivity contribution is 5.87. The number of carboxylic acid groups (broad SMARTS) is 1. The summed E-state index contributed by atoms with van der Waals surface area (Å²) in [5.74, 6) is 2.76. The molecule has 2 unspecified atom stereocenters. The number of allylic oxidation sites excluding steroid dienone is 3. The molecule has 0 saturated carbocycles. The molecule has 2 aliphatic carbocycles. The maximum Gasteiger partial charge on any atom is 0.446 e. The topological polar surface area (TPSA) is 239 Å². The molecule has 71 heavy (non-hydrogen) atoms. The first-order valence-electron chi connectivity index (χ1n) is 23.7. The van der Waals surface area contributed by atoms with E-state index in [4.69, 9.17) is 20.1 Å². The van der Waals surface area contributed by atoms with Gasteiger partial charge in [-0.3, -0.25) is 32.8 Å². The van der Waals surface area contributed by atoms with E-state index >= 15 is 0 Å². The third-order valence-electron chi connectivity index (χ3n) is 11.2. The number of rotatable bonds is 13. The van der Waals surface area contributed by atoms with Gasteiger partial charge in [0.2, 0.25) is 12.2 Å². The number of hydrogen-bond acceptors (Lipinski definition) is 14. The van der Waals surface area contributed by atoms with Gasteiger partial charge in [-0.05, 0) is 92.7 Å². The van der Waals surface area contributed by atoms with Gasteiger partial charge in [-0.2, -0.15) is 13.2 Å². The lowest BCUT2D eigenvalue weighted by Crippen LogP contribution is -2.35. The van der Waals surface area contributed by atoms with Crippen LogP contribution in [0.4, 0.5) is 13.2 Å². The number of aldehydes is 1. The van der Waals surface area contributed by atoms with Crippen LogP contribution in [0, 0.1) is 5.92 Å². The summed E-state index contributed by atoms with van der Waals surface area (Å²) in [6.45, 7) is 4.59.